The third-order valence-electron chi connectivity index (χ3n) is 5.54. The van der Waals surface area contributed by atoms with E-state index in [0.29, 0.717) is 35.5 Å². The minimum atomic E-state index is 0.182. The number of benzene rings is 1. The first-order chi connectivity index (χ1) is 14.2. The molecule has 0 N–H and O–H groups in total. The van der Waals surface area contributed by atoms with Crippen molar-refractivity contribution in [2.24, 2.45) is 7.05 Å². The molecule has 9 heteroatoms. The van der Waals surface area contributed by atoms with Crippen molar-refractivity contribution in [3.8, 4) is 28.5 Å². The molecule has 0 saturated carbocycles. The van der Waals surface area contributed by atoms with Gasteiger partial charge in [0.05, 0.1) is 23.7 Å². The Bertz CT molecular complexity index is 1230. The molecule has 0 aliphatic carbocycles. The monoisotopic (exact) mass is 408 g/mol. The van der Waals surface area contributed by atoms with Crippen molar-refractivity contribution in [3.63, 3.8) is 0 Å². The van der Waals surface area contributed by atoms with Gasteiger partial charge in [-0.3, -0.25) is 4.68 Å². The third kappa shape index (κ3) is 2.63. The normalized spacial score (nSPS) is 17.7. The van der Waals surface area contributed by atoms with E-state index in [2.05, 4.69) is 24.8 Å². The highest BCUT2D eigenvalue weighted by Gasteiger charge is 2.29. The van der Waals surface area contributed by atoms with E-state index >= 15 is 0 Å². The zero-order chi connectivity index (χ0) is 19.5. The Labute approximate surface area is 171 Å². The molecule has 2 aliphatic heterocycles. The van der Waals surface area contributed by atoms with Gasteiger partial charge >= 0.3 is 0 Å². The summed E-state index contributed by atoms with van der Waals surface area (Å²) < 4.78 is 14.9. The van der Waals surface area contributed by atoms with Gasteiger partial charge in [0.1, 0.15) is 6.33 Å². The van der Waals surface area contributed by atoms with Crippen LogP contribution in [-0.4, -0.2) is 42.7 Å². The first kappa shape index (κ1) is 16.9. The Morgan fingerprint density at radius 2 is 2.17 bits per heavy atom. The number of aromatic nitrogens is 6. The molecule has 1 saturated heterocycles. The Kier molecular flexibility index (Phi) is 3.66. The first-order valence-electron chi connectivity index (χ1n) is 9.48. The maximum absolute atomic E-state index is 6.29. The van der Waals surface area contributed by atoms with Gasteiger partial charge in [-0.05, 0) is 24.6 Å². The third-order valence-corrected chi connectivity index (χ3v) is 5.78. The van der Waals surface area contributed by atoms with Gasteiger partial charge in [0, 0.05) is 48.3 Å². The second-order valence-electron chi connectivity index (χ2n) is 7.44. The highest BCUT2D eigenvalue weighted by atomic mass is 35.5. The lowest BCUT2D eigenvalue weighted by molar-refractivity contribution is 0.192. The Hall–Kier alpha value is -2.97. The van der Waals surface area contributed by atoms with Crippen LogP contribution < -0.4 is 0 Å². The molecule has 0 spiro atoms. The summed E-state index contributed by atoms with van der Waals surface area (Å²) in [4.78, 5) is 9.26. The van der Waals surface area contributed by atoms with E-state index in [9.17, 15) is 0 Å². The maximum Gasteiger partial charge on any atom is 0.278 e. The lowest BCUT2D eigenvalue weighted by atomic mass is 10.0. The number of halogens is 1. The molecule has 1 fully saturated rings. The molecule has 29 heavy (non-hydrogen) atoms. The summed E-state index contributed by atoms with van der Waals surface area (Å²) in [5, 5.41) is 9.53. The molecule has 3 aromatic heterocycles. The van der Waals surface area contributed by atoms with Crippen molar-refractivity contribution in [1.29, 1.82) is 0 Å². The molecule has 146 valence electrons. The quantitative estimate of drug-likeness (QED) is 0.445. The van der Waals surface area contributed by atoms with Gasteiger partial charge in [0.25, 0.3) is 5.89 Å². The molecule has 1 atom stereocenters. The largest absolute Gasteiger partial charge is 0.381 e. The minimum absolute atomic E-state index is 0.182. The molecule has 5 heterocycles. The lowest BCUT2D eigenvalue weighted by Gasteiger charge is -2.09. The zero-order valence-corrected chi connectivity index (χ0v) is 16.4. The van der Waals surface area contributed by atoms with E-state index in [1.807, 2.05) is 36.1 Å². The van der Waals surface area contributed by atoms with Crippen LogP contribution in [0.15, 0.2) is 35.2 Å². The molecule has 4 aromatic rings. The molecule has 1 aromatic carbocycles. The van der Waals surface area contributed by atoms with Gasteiger partial charge in [-0.15, -0.1) is 0 Å². The number of aryl methyl sites for hydroxylation is 1. The van der Waals surface area contributed by atoms with E-state index in [1.165, 1.54) is 0 Å². The fourth-order valence-electron chi connectivity index (χ4n) is 4.15. The predicted molar refractivity (Wildman–Crippen MR) is 105 cm³/mol. The molecule has 2 aliphatic rings. The second kappa shape index (κ2) is 6.27. The summed E-state index contributed by atoms with van der Waals surface area (Å²) in [5.41, 5.74) is 5.66. The Morgan fingerprint density at radius 1 is 1.24 bits per heavy atom. The SMILES string of the molecule is Cn1cc2c(n1)-c1cc(Cl)ccc1-n1cnc(-c3nc([C@H]4CCOC4)no3)c1C2. The molecule has 0 unspecified atom stereocenters. The van der Waals surface area contributed by atoms with Crippen LogP contribution in [0.2, 0.25) is 5.02 Å². The van der Waals surface area contributed by atoms with Gasteiger partial charge in [-0.1, -0.05) is 16.8 Å². The van der Waals surface area contributed by atoms with Crippen LogP contribution >= 0.6 is 11.6 Å². The van der Waals surface area contributed by atoms with Crippen LogP contribution in [0.5, 0.6) is 0 Å². The Balaban J connectivity index is 1.51. The molecular formula is C20H17ClN6O2. The predicted octanol–water partition coefficient (Wildman–Crippen LogP) is 3.38. The number of hydrogen-bond acceptors (Lipinski definition) is 6. The average molecular weight is 409 g/mol. The van der Waals surface area contributed by atoms with Crippen LogP contribution in [0, 0.1) is 0 Å². The fourth-order valence-corrected chi connectivity index (χ4v) is 4.32. The Morgan fingerprint density at radius 3 is 3.03 bits per heavy atom. The van der Waals surface area contributed by atoms with E-state index in [-0.39, 0.29) is 5.92 Å². The van der Waals surface area contributed by atoms with Crippen LogP contribution in [0.3, 0.4) is 0 Å². The van der Waals surface area contributed by atoms with Crippen LogP contribution in [0.1, 0.15) is 29.4 Å². The van der Waals surface area contributed by atoms with Gasteiger partial charge in [-0.2, -0.15) is 10.1 Å². The highest BCUT2D eigenvalue weighted by molar-refractivity contribution is 6.31. The number of nitrogens with zero attached hydrogens (tertiary/aromatic N) is 6. The van der Waals surface area contributed by atoms with Gasteiger partial charge in [0.15, 0.2) is 11.5 Å². The summed E-state index contributed by atoms with van der Waals surface area (Å²) >= 11 is 6.29. The standard InChI is InChI=1S/C20H17ClN6O2/c1-26-8-12-6-16-18(20-23-19(25-29-20)11-4-5-28-9-11)22-10-27(16)15-3-2-13(21)7-14(15)17(12)24-26/h2-3,7-8,10-11H,4-6,9H2,1H3/t11-/m0/s1. The zero-order valence-electron chi connectivity index (χ0n) is 15.7. The number of fused-ring (bicyclic) bond motifs is 5. The summed E-state index contributed by atoms with van der Waals surface area (Å²) in [6.07, 6.45) is 5.38. The van der Waals surface area contributed by atoms with Crippen LogP contribution in [0.4, 0.5) is 0 Å². The van der Waals surface area contributed by atoms with E-state index < -0.39 is 0 Å². The van der Waals surface area contributed by atoms with Crippen molar-refractivity contribution >= 4 is 11.6 Å². The number of rotatable bonds is 2. The van der Waals surface area contributed by atoms with E-state index in [0.717, 1.165) is 41.2 Å². The molecule has 6 rings (SSSR count). The smallest absolute Gasteiger partial charge is 0.278 e. The van der Waals surface area contributed by atoms with Gasteiger partial charge in [-0.25, -0.2) is 4.98 Å². The molecule has 0 amide bonds. The van der Waals surface area contributed by atoms with Crippen molar-refractivity contribution < 1.29 is 9.26 Å². The molecule has 8 nitrogen and oxygen atoms in total. The van der Waals surface area contributed by atoms with Gasteiger partial charge < -0.3 is 13.8 Å². The summed E-state index contributed by atoms with van der Waals surface area (Å²) in [6, 6.07) is 5.82. The number of imidazole rings is 1. The van der Waals surface area contributed by atoms with Crippen molar-refractivity contribution in [3.05, 3.63) is 52.8 Å². The first-order valence-corrected chi connectivity index (χ1v) is 9.86. The second-order valence-corrected chi connectivity index (χ2v) is 7.88. The van der Waals surface area contributed by atoms with Crippen molar-refractivity contribution in [2.75, 3.05) is 13.2 Å². The fraction of sp³-hybridized carbons (Fsp3) is 0.300. The number of ether oxygens (including phenoxy) is 1. The van der Waals surface area contributed by atoms with E-state index in [4.69, 9.17) is 20.9 Å². The summed E-state index contributed by atoms with van der Waals surface area (Å²) in [5.74, 6) is 1.30. The van der Waals surface area contributed by atoms with Crippen LogP contribution in [0.25, 0.3) is 28.5 Å². The van der Waals surface area contributed by atoms with Gasteiger partial charge in [0.2, 0.25) is 0 Å². The van der Waals surface area contributed by atoms with Crippen molar-refractivity contribution in [2.45, 2.75) is 18.8 Å². The lowest BCUT2D eigenvalue weighted by Crippen LogP contribution is -2.01. The summed E-state index contributed by atoms with van der Waals surface area (Å²) in [6.45, 7) is 1.37. The maximum atomic E-state index is 6.29. The van der Waals surface area contributed by atoms with Crippen LogP contribution in [-0.2, 0) is 18.2 Å². The molecule has 0 radical (unpaired) electrons. The molecular weight excluding hydrogens is 392 g/mol. The average Bonchev–Trinajstić information content (AvgIpc) is 3.47. The minimum Gasteiger partial charge on any atom is -0.381 e. The number of hydrogen-bond donors (Lipinski definition) is 0. The summed E-state index contributed by atoms with van der Waals surface area (Å²) in [7, 11) is 1.92. The van der Waals surface area contributed by atoms with Crippen molar-refractivity contribution in [1.82, 2.24) is 29.5 Å². The molecule has 0 bridgehead atoms. The van der Waals surface area contributed by atoms with E-state index in [1.54, 1.807) is 6.33 Å². The topological polar surface area (TPSA) is 83.8 Å². The highest BCUT2D eigenvalue weighted by Crippen LogP contribution is 2.38.